The summed E-state index contributed by atoms with van der Waals surface area (Å²) < 4.78 is 43.8. The third kappa shape index (κ3) is 3.66. The molecule has 0 saturated carbocycles. The van der Waals surface area contributed by atoms with Gasteiger partial charge in [0.1, 0.15) is 17.5 Å². The maximum atomic E-state index is 12.7. The fourth-order valence-electron chi connectivity index (χ4n) is 3.06. The standard InChI is InChI=1S/C20H17F3N2O3/c1-19(2)17(26)16(14-9-11(10-24)3-8-15(14)28-19)25-18(27)12-4-6-13(7-5-12)20(21,22)23/h3-9,16-17,26H,1-2H3,(H,25,27). The van der Waals surface area contributed by atoms with E-state index in [2.05, 4.69) is 5.32 Å². The van der Waals surface area contributed by atoms with Gasteiger partial charge in [0.2, 0.25) is 0 Å². The van der Waals surface area contributed by atoms with Gasteiger partial charge in [0, 0.05) is 11.1 Å². The number of amides is 1. The second-order valence-electron chi connectivity index (χ2n) is 7.04. The molecule has 146 valence electrons. The van der Waals surface area contributed by atoms with E-state index >= 15 is 0 Å². The molecular weight excluding hydrogens is 373 g/mol. The summed E-state index contributed by atoms with van der Waals surface area (Å²) in [5, 5.41) is 22.4. The molecule has 8 heteroatoms. The topological polar surface area (TPSA) is 82.3 Å². The van der Waals surface area contributed by atoms with Crippen LogP contribution in [0.4, 0.5) is 13.2 Å². The number of ether oxygens (including phenoxy) is 1. The summed E-state index contributed by atoms with van der Waals surface area (Å²) in [5.74, 6) is -0.240. The van der Waals surface area contributed by atoms with Gasteiger partial charge in [-0.05, 0) is 56.3 Å². The Balaban J connectivity index is 1.92. The number of fused-ring (bicyclic) bond motifs is 1. The number of nitrogens with one attached hydrogen (secondary N) is 1. The molecule has 0 aliphatic carbocycles. The molecule has 28 heavy (non-hydrogen) atoms. The summed E-state index contributed by atoms with van der Waals surface area (Å²) >= 11 is 0. The highest BCUT2D eigenvalue weighted by Crippen LogP contribution is 2.40. The van der Waals surface area contributed by atoms with Crippen molar-refractivity contribution < 1.29 is 27.8 Å². The number of nitrogens with zero attached hydrogens (tertiary/aromatic N) is 1. The molecule has 5 nitrogen and oxygen atoms in total. The summed E-state index contributed by atoms with van der Waals surface area (Å²) in [6, 6.07) is 9.51. The van der Waals surface area contributed by atoms with Crippen molar-refractivity contribution in [3.05, 3.63) is 64.7 Å². The Morgan fingerprint density at radius 2 is 1.86 bits per heavy atom. The number of aliphatic hydroxyl groups is 1. The highest BCUT2D eigenvalue weighted by atomic mass is 19.4. The van der Waals surface area contributed by atoms with Gasteiger partial charge in [-0.3, -0.25) is 4.79 Å². The zero-order valence-corrected chi connectivity index (χ0v) is 15.0. The summed E-state index contributed by atoms with van der Waals surface area (Å²) in [4.78, 5) is 12.6. The van der Waals surface area contributed by atoms with Crippen LogP contribution in [0, 0.1) is 11.3 Å². The van der Waals surface area contributed by atoms with Gasteiger partial charge in [-0.1, -0.05) is 0 Å². The smallest absolute Gasteiger partial charge is 0.416 e. The van der Waals surface area contributed by atoms with Gasteiger partial charge in [-0.15, -0.1) is 0 Å². The number of nitriles is 1. The fraction of sp³-hybridized carbons (Fsp3) is 0.300. The molecule has 0 bridgehead atoms. The van der Waals surface area contributed by atoms with E-state index in [0.717, 1.165) is 24.3 Å². The van der Waals surface area contributed by atoms with Crippen molar-refractivity contribution >= 4 is 5.91 Å². The van der Waals surface area contributed by atoms with Crippen molar-refractivity contribution in [2.45, 2.75) is 37.8 Å². The number of hydrogen-bond acceptors (Lipinski definition) is 4. The van der Waals surface area contributed by atoms with E-state index in [0.29, 0.717) is 16.9 Å². The number of hydrogen-bond donors (Lipinski definition) is 2. The predicted octanol–water partition coefficient (Wildman–Crippen LogP) is 3.58. The maximum absolute atomic E-state index is 12.7. The van der Waals surface area contributed by atoms with E-state index in [4.69, 9.17) is 10.00 Å². The van der Waals surface area contributed by atoms with Crippen molar-refractivity contribution in [2.75, 3.05) is 0 Å². The maximum Gasteiger partial charge on any atom is 0.416 e. The Morgan fingerprint density at radius 3 is 2.43 bits per heavy atom. The molecule has 1 aliphatic heterocycles. The Labute approximate surface area is 159 Å². The van der Waals surface area contributed by atoms with Crippen LogP contribution < -0.4 is 10.1 Å². The number of rotatable bonds is 2. The van der Waals surface area contributed by atoms with Crippen LogP contribution in [0.2, 0.25) is 0 Å². The number of alkyl halides is 3. The van der Waals surface area contributed by atoms with E-state index in [1.165, 1.54) is 6.07 Å². The normalized spacial score (nSPS) is 20.5. The van der Waals surface area contributed by atoms with E-state index in [-0.39, 0.29) is 5.56 Å². The van der Waals surface area contributed by atoms with Crippen LogP contribution in [0.3, 0.4) is 0 Å². The molecule has 0 fully saturated rings. The molecule has 2 aromatic carbocycles. The van der Waals surface area contributed by atoms with Crippen molar-refractivity contribution in [3.8, 4) is 11.8 Å². The van der Waals surface area contributed by atoms with Gasteiger partial charge in [0.05, 0.1) is 23.2 Å². The van der Waals surface area contributed by atoms with Gasteiger partial charge < -0.3 is 15.2 Å². The lowest BCUT2D eigenvalue weighted by Crippen LogP contribution is -2.53. The molecule has 0 saturated heterocycles. The first-order valence-electron chi connectivity index (χ1n) is 8.42. The largest absolute Gasteiger partial charge is 0.485 e. The lowest BCUT2D eigenvalue weighted by molar-refractivity contribution is -0.137. The molecule has 2 N–H and O–H groups in total. The number of benzene rings is 2. The number of halogens is 3. The van der Waals surface area contributed by atoms with Gasteiger partial charge in [0.25, 0.3) is 5.91 Å². The van der Waals surface area contributed by atoms with Crippen molar-refractivity contribution in [1.29, 1.82) is 5.26 Å². The molecule has 0 radical (unpaired) electrons. The summed E-state index contributed by atoms with van der Waals surface area (Å²) in [5.41, 5.74) is -1.13. The Kier molecular flexibility index (Phi) is 4.81. The minimum atomic E-state index is -4.50. The van der Waals surface area contributed by atoms with Crippen molar-refractivity contribution in [1.82, 2.24) is 5.32 Å². The van der Waals surface area contributed by atoms with Crippen LogP contribution in [0.15, 0.2) is 42.5 Å². The average Bonchev–Trinajstić information content (AvgIpc) is 2.64. The highest BCUT2D eigenvalue weighted by Gasteiger charge is 2.43. The second kappa shape index (κ2) is 6.84. The SMILES string of the molecule is CC1(C)Oc2ccc(C#N)cc2C(NC(=O)c2ccc(C(F)(F)F)cc2)C1O. The molecule has 1 heterocycles. The van der Waals surface area contributed by atoms with E-state index in [1.807, 2.05) is 6.07 Å². The Morgan fingerprint density at radius 1 is 1.21 bits per heavy atom. The van der Waals surface area contributed by atoms with E-state index in [1.54, 1.807) is 26.0 Å². The highest BCUT2D eigenvalue weighted by molar-refractivity contribution is 5.94. The van der Waals surface area contributed by atoms with E-state index < -0.39 is 35.4 Å². The third-order valence-corrected chi connectivity index (χ3v) is 4.64. The first kappa shape index (κ1) is 19.7. The first-order valence-corrected chi connectivity index (χ1v) is 8.42. The zero-order chi connectivity index (χ0) is 20.7. The molecule has 2 aromatic rings. The van der Waals surface area contributed by atoms with Crippen LogP contribution in [0.5, 0.6) is 5.75 Å². The molecule has 0 aromatic heterocycles. The van der Waals surface area contributed by atoms with E-state index in [9.17, 15) is 23.1 Å². The quantitative estimate of drug-likeness (QED) is 0.821. The van der Waals surface area contributed by atoms with Crippen LogP contribution >= 0.6 is 0 Å². The van der Waals surface area contributed by atoms with Gasteiger partial charge in [0.15, 0.2) is 0 Å². The molecule has 1 aliphatic rings. The molecule has 3 rings (SSSR count). The van der Waals surface area contributed by atoms with Crippen LogP contribution in [0.25, 0.3) is 0 Å². The summed E-state index contributed by atoms with van der Waals surface area (Å²) in [6.07, 6.45) is -5.64. The molecule has 2 atom stereocenters. The first-order chi connectivity index (χ1) is 13.0. The molecule has 2 unspecified atom stereocenters. The number of aliphatic hydroxyl groups excluding tert-OH is 1. The second-order valence-corrected chi connectivity index (χ2v) is 7.04. The van der Waals surface area contributed by atoms with Crippen LogP contribution in [0.1, 0.15) is 46.9 Å². The molecule has 1 amide bonds. The van der Waals surface area contributed by atoms with Gasteiger partial charge >= 0.3 is 6.18 Å². The average molecular weight is 390 g/mol. The Bertz CT molecular complexity index is 947. The van der Waals surface area contributed by atoms with Crippen molar-refractivity contribution in [3.63, 3.8) is 0 Å². The Hall–Kier alpha value is -3.05. The fourth-order valence-corrected chi connectivity index (χ4v) is 3.06. The molecule has 0 spiro atoms. The third-order valence-electron chi connectivity index (χ3n) is 4.64. The predicted molar refractivity (Wildman–Crippen MR) is 93.5 cm³/mol. The summed E-state index contributed by atoms with van der Waals surface area (Å²) in [6.45, 7) is 3.30. The minimum absolute atomic E-state index is 0.0162. The van der Waals surface area contributed by atoms with Crippen LogP contribution in [-0.2, 0) is 6.18 Å². The molecular formula is C20H17F3N2O3. The number of carbonyl (C=O) groups excluding carboxylic acids is 1. The minimum Gasteiger partial charge on any atom is -0.485 e. The zero-order valence-electron chi connectivity index (χ0n) is 15.0. The van der Waals surface area contributed by atoms with Crippen molar-refractivity contribution in [2.24, 2.45) is 0 Å². The van der Waals surface area contributed by atoms with Gasteiger partial charge in [-0.2, -0.15) is 18.4 Å². The summed E-state index contributed by atoms with van der Waals surface area (Å²) in [7, 11) is 0. The van der Waals surface area contributed by atoms with Gasteiger partial charge in [-0.25, -0.2) is 0 Å². The van der Waals surface area contributed by atoms with Crippen LogP contribution in [-0.4, -0.2) is 22.7 Å². The monoisotopic (exact) mass is 390 g/mol. The lowest BCUT2D eigenvalue weighted by atomic mass is 9.85. The number of carbonyl (C=O) groups is 1. The lowest BCUT2D eigenvalue weighted by Gasteiger charge is -2.42.